The van der Waals surface area contributed by atoms with E-state index in [1.807, 2.05) is 29.2 Å². The van der Waals surface area contributed by atoms with Crippen LogP contribution in [0.2, 0.25) is 0 Å². The van der Waals surface area contributed by atoms with Crippen LogP contribution in [0, 0.1) is 5.92 Å². The van der Waals surface area contributed by atoms with Crippen molar-refractivity contribution < 1.29 is 14.3 Å². The van der Waals surface area contributed by atoms with E-state index in [1.54, 1.807) is 29.4 Å². The van der Waals surface area contributed by atoms with Crippen molar-refractivity contribution in [3.8, 4) is 5.75 Å². The van der Waals surface area contributed by atoms with Crippen molar-refractivity contribution in [1.82, 2.24) is 9.80 Å². The number of methoxy groups -OCH3 is 1. The summed E-state index contributed by atoms with van der Waals surface area (Å²) in [5.74, 6) is 0.937. The SMILES string of the molecule is C=CCN(CC(=O)N1CCc2sccc2[C@@H]1c1ccc(OC)cc1)C(=O)C1CCC1. The third-order valence-corrected chi connectivity index (χ3v) is 7.16. The molecule has 1 aliphatic heterocycles. The minimum Gasteiger partial charge on any atom is -0.497 e. The fourth-order valence-electron chi connectivity index (χ4n) is 4.29. The highest BCUT2D eigenvalue weighted by atomic mass is 32.1. The fourth-order valence-corrected chi connectivity index (χ4v) is 5.19. The van der Waals surface area contributed by atoms with Crippen molar-refractivity contribution in [1.29, 1.82) is 0 Å². The summed E-state index contributed by atoms with van der Waals surface area (Å²) in [5, 5.41) is 2.10. The van der Waals surface area contributed by atoms with Gasteiger partial charge < -0.3 is 14.5 Å². The molecule has 1 aliphatic carbocycles. The molecule has 158 valence electrons. The Balaban J connectivity index is 1.59. The molecule has 2 amide bonds. The van der Waals surface area contributed by atoms with Crippen molar-refractivity contribution in [2.45, 2.75) is 31.7 Å². The van der Waals surface area contributed by atoms with Crippen LogP contribution in [0.5, 0.6) is 5.75 Å². The molecule has 0 N–H and O–H groups in total. The lowest BCUT2D eigenvalue weighted by Gasteiger charge is -2.38. The Labute approximate surface area is 181 Å². The zero-order chi connectivity index (χ0) is 21.1. The Bertz CT molecular complexity index is 917. The number of fused-ring (bicyclic) bond motifs is 1. The molecule has 2 aromatic rings. The Morgan fingerprint density at radius 3 is 2.67 bits per heavy atom. The van der Waals surface area contributed by atoms with Gasteiger partial charge in [0.2, 0.25) is 11.8 Å². The van der Waals surface area contributed by atoms with E-state index >= 15 is 0 Å². The predicted octanol–water partition coefficient (Wildman–Crippen LogP) is 4.05. The largest absolute Gasteiger partial charge is 0.497 e. The summed E-state index contributed by atoms with van der Waals surface area (Å²) in [6.07, 6.45) is 5.51. The van der Waals surface area contributed by atoms with Gasteiger partial charge in [-0.3, -0.25) is 9.59 Å². The number of amides is 2. The molecule has 0 saturated heterocycles. The fraction of sp³-hybridized carbons (Fsp3) is 0.417. The zero-order valence-corrected chi connectivity index (χ0v) is 18.2. The van der Waals surface area contributed by atoms with Gasteiger partial charge >= 0.3 is 0 Å². The second-order valence-electron chi connectivity index (χ2n) is 7.95. The maximum atomic E-state index is 13.4. The van der Waals surface area contributed by atoms with E-state index in [0.29, 0.717) is 13.1 Å². The molecule has 1 fully saturated rings. The highest BCUT2D eigenvalue weighted by Crippen LogP contribution is 2.38. The van der Waals surface area contributed by atoms with Crippen LogP contribution in [0.25, 0.3) is 0 Å². The van der Waals surface area contributed by atoms with Gasteiger partial charge in [0, 0.05) is 23.9 Å². The Kier molecular flexibility index (Phi) is 6.23. The number of carbonyl (C=O) groups is 2. The van der Waals surface area contributed by atoms with Crippen molar-refractivity contribution in [2.24, 2.45) is 5.92 Å². The van der Waals surface area contributed by atoms with Gasteiger partial charge in [-0.05, 0) is 54.0 Å². The molecular weight excluding hydrogens is 396 g/mol. The average Bonchev–Trinajstić information content (AvgIpc) is 3.20. The Morgan fingerprint density at radius 2 is 2.03 bits per heavy atom. The van der Waals surface area contributed by atoms with Gasteiger partial charge in [0.25, 0.3) is 0 Å². The maximum absolute atomic E-state index is 13.4. The molecule has 0 unspecified atom stereocenters. The number of thiophene rings is 1. The van der Waals surface area contributed by atoms with E-state index in [4.69, 9.17) is 4.74 Å². The van der Waals surface area contributed by atoms with Gasteiger partial charge in [-0.25, -0.2) is 0 Å². The van der Waals surface area contributed by atoms with E-state index in [9.17, 15) is 9.59 Å². The van der Waals surface area contributed by atoms with Gasteiger partial charge in [0.15, 0.2) is 0 Å². The third kappa shape index (κ3) is 4.01. The van der Waals surface area contributed by atoms with Crippen LogP contribution < -0.4 is 4.74 Å². The summed E-state index contributed by atoms with van der Waals surface area (Å²) in [5.41, 5.74) is 2.24. The maximum Gasteiger partial charge on any atom is 0.243 e. The topological polar surface area (TPSA) is 49.9 Å². The van der Waals surface area contributed by atoms with Crippen molar-refractivity contribution >= 4 is 23.2 Å². The summed E-state index contributed by atoms with van der Waals surface area (Å²) in [4.78, 5) is 31.2. The number of hydrogen-bond donors (Lipinski definition) is 0. The first kappa shape index (κ1) is 20.7. The lowest BCUT2D eigenvalue weighted by Crippen LogP contribution is -2.48. The summed E-state index contributed by atoms with van der Waals surface area (Å²) in [7, 11) is 1.65. The van der Waals surface area contributed by atoms with Crippen molar-refractivity contribution in [3.63, 3.8) is 0 Å². The molecular formula is C24H28N2O3S. The van der Waals surface area contributed by atoms with E-state index in [0.717, 1.165) is 37.0 Å². The minimum absolute atomic E-state index is 0.0119. The number of ether oxygens (including phenoxy) is 1. The van der Waals surface area contributed by atoms with Crippen LogP contribution in [0.15, 0.2) is 48.4 Å². The van der Waals surface area contributed by atoms with E-state index in [-0.39, 0.29) is 30.3 Å². The van der Waals surface area contributed by atoms with E-state index < -0.39 is 0 Å². The number of rotatable bonds is 7. The molecule has 1 saturated carbocycles. The molecule has 1 aromatic heterocycles. The summed E-state index contributed by atoms with van der Waals surface area (Å²) < 4.78 is 5.30. The normalized spacial score (nSPS) is 18.3. The molecule has 0 spiro atoms. The molecule has 4 rings (SSSR count). The number of nitrogens with zero attached hydrogens (tertiary/aromatic N) is 2. The van der Waals surface area contributed by atoms with Crippen molar-refractivity contribution in [2.75, 3.05) is 26.7 Å². The Morgan fingerprint density at radius 1 is 1.27 bits per heavy atom. The third-order valence-electron chi connectivity index (χ3n) is 6.16. The Hall–Kier alpha value is -2.60. The molecule has 1 aromatic carbocycles. The lowest BCUT2D eigenvalue weighted by molar-refractivity contribution is -0.145. The molecule has 0 bridgehead atoms. The summed E-state index contributed by atoms with van der Waals surface area (Å²) in [6.45, 7) is 4.95. The monoisotopic (exact) mass is 424 g/mol. The average molecular weight is 425 g/mol. The van der Waals surface area contributed by atoms with E-state index in [1.165, 1.54) is 10.4 Å². The lowest BCUT2D eigenvalue weighted by atomic mass is 9.84. The standard InChI is InChI=1S/C24H28N2O3S/c1-3-13-25(24(28)18-5-4-6-18)16-22(27)26-14-11-21-20(12-15-30-21)23(26)17-7-9-19(29-2)10-8-17/h3,7-10,12,15,18,23H,1,4-6,11,13-14,16H2,2H3/t23-/m0/s1. The highest BCUT2D eigenvalue weighted by molar-refractivity contribution is 7.10. The molecule has 0 radical (unpaired) electrons. The molecule has 6 heteroatoms. The van der Waals surface area contributed by atoms with Crippen LogP contribution in [0.3, 0.4) is 0 Å². The number of benzene rings is 1. The minimum atomic E-state index is -0.136. The van der Waals surface area contributed by atoms with Gasteiger partial charge in [0.1, 0.15) is 12.3 Å². The first-order valence-corrected chi connectivity index (χ1v) is 11.4. The van der Waals surface area contributed by atoms with Crippen LogP contribution >= 0.6 is 11.3 Å². The second kappa shape index (κ2) is 9.04. The quantitative estimate of drug-likeness (QED) is 0.630. The second-order valence-corrected chi connectivity index (χ2v) is 8.95. The highest BCUT2D eigenvalue weighted by Gasteiger charge is 2.35. The summed E-state index contributed by atoms with van der Waals surface area (Å²) in [6, 6.07) is 9.90. The van der Waals surface area contributed by atoms with Crippen molar-refractivity contribution in [3.05, 3.63) is 64.4 Å². The van der Waals surface area contributed by atoms with Gasteiger partial charge in [-0.2, -0.15) is 0 Å². The molecule has 2 aliphatic rings. The number of carbonyl (C=O) groups excluding carboxylic acids is 2. The van der Waals surface area contributed by atoms with Crippen LogP contribution in [0.1, 0.15) is 41.3 Å². The molecule has 2 heterocycles. The smallest absolute Gasteiger partial charge is 0.243 e. The first-order chi connectivity index (χ1) is 14.6. The van der Waals surface area contributed by atoms with Gasteiger partial charge in [-0.15, -0.1) is 17.9 Å². The first-order valence-electron chi connectivity index (χ1n) is 10.5. The predicted molar refractivity (Wildman–Crippen MR) is 119 cm³/mol. The van der Waals surface area contributed by atoms with Gasteiger partial charge in [-0.1, -0.05) is 24.6 Å². The van der Waals surface area contributed by atoms with Crippen LogP contribution in [0.4, 0.5) is 0 Å². The number of hydrogen-bond acceptors (Lipinski definition) is 4. The summed E-state index contributed by atoms with van der Waals surface area (Å²) >= 11 is 1.75. The molecule has 30 heavy (non-hydrogen) atoms. The zero-order valence-electron chi connectivity index (χ0n) is 17.4. The molecule has 5 nitrogen and oxygen atoms in total. The van der Waals surface area contributed by atoms with Crippen LogP contribution in [-0.4, -0.2) is 48.4 Å². The van der Waals surface area contributed by atoms with Crippen LogP contribution in [-0.2, 0) is 16.0 Å². The molecule has 1 atom stereocenters. The van der Waals surface area contributed by atoms with Gasteiger partial charge in [0.05, 0.1) is 13.2 Å². The van der Waals surface area contributed by atoms with E-state index in [2.05, 4.69) is 18.0 Å².